The molecule has 1 heterocycles. The minimum Gasteiger partial charge on any atom is -0.472 e. The molecule has 0 saturated carbocycles. The zero-order chi connectivity index (χ0) is 13.5. The van der Waals surface area contributed by atoms with Gasteiger partial charge in [0.05, 0.1) is 25.2 Å². The first-order valence-electron chi connectivity index (χ1n) is 6.01. The van der Waals surface area contributed by atoms with Crippen LogP contribution >= 0.6 is 0 Å². The van der Waals surface area contributed by atoms with Crippen LogP contribution in [0.2, 0.25) is 0 Å². The lowest BCUT2D eigenvalue weighted by atomic mass is 10.1. The number of carbonyl (C=O) groups is 1. The lowest BCUT2D eigenvalue weighted by molar-refractivity contribution is 0.216. The quantitative estimate of drug-likeness (QED) is 0.767. The summed E-state index contributed by atoms with van der Waals surface area (Å²) in [7, 11) is 0. The van der Waals surface area contributed by atoms with E-state index in [1.54, 1.807) is 18.6 Å². The lowest BCUT2D eigenvalue weighted by Crippen LogP contribution is -2.38. The van der Waals surface area contributed by atoms with Crippen molar-refractivity contribution < 1.29 is 14.3 Å². The number of aliphatic hydroxyl groups excluding tert-OH is 1. The van der Waals surface area contributed by atoms with Gasteiger partial charge in [0.15, 0.2) is 0 Å². The van der Waals surface area contributed by atoms with Gasteiger partial charge in [-0.25, -0.2) is 4.79 Å². The average molecular weight is 260 g/mol. The highest BCUT2D eigenvalue weighted by Crippen LogP contribution is 2.11. The van der Waals surface area contributed by atoms with Crippen molar-refractivity contribution in [3.05, 3.63) is 60.1 Å². The normalized spacial score (nSPS) is 11.8. The van der Waals surface area contributed by atoms with Crippen LogP contribution in [0.15, 0.2) is 53.3 Å². The number of carbonyl (C=O) groups excluding carboxylic acids is 1. The number of rotatable bonds is 5. The van der Waals surface area contributed by atoms with Crippen molar-refractivity contribution >= 4 is 6.03 Å². The van der Waals surface area contributed by atoms with Crippen molar-refractivity contribution in [2.45, 2.75) is 12.6 Å². The van der Waals surface area contributed by atoms with E-state index < -0.39 is 6.04 Å². The maximum Gasteiger partial charge on any atom is 0.315 e. The van der Waals surface area contributed by atoms with E-state index in [1.807, 2.05) is 30.3 Å². The Morgan fingerprint density at radius 2 is 2.05 bits per heavy atom. The third-order valence-electron chi connectivity index (χ3n) is 2.72. The molecule has 0 saturated heterocycles. The topological polar surface area (TPSA) is 74.5 Å². The lowest BCUT2D eigenvalue weighted by Gasteiger charge is -2.17. The SMILES string of the molecule is O=C(NCc1ccoc1)N[C@H](CO)c1ccccc1. The summed E-state index contributed by atoms with van der Waals surface area (Å²) in [6, 6.07) is 10.4. The first-order chi connectivity index (χ1) is 9.29. The Balaban J connectivity index is 1.86. The minimum atomic E-state index is -0.412. The molecule has 1 aromatic heterocycles. The van der Waals surface area contributed by atoms with Crippen LogP contribution < -0.4 is 10.6 Å². The van der Waals surface area contributed by atoms with Gasteiger partial charge in [-0.15, -0.1) is 0 Å². The fourth-order valence-electron chi connectivity index (χ4n) is 1.70. The molecule has 0 radical (unpaired) electrons. The van der Waals surface area contributed by atoms with Crippen LogP contribution in [0.4, 0.5) is 4.79 Å². The Labute approximate surface area is 111 Å². The molecule has 5 nitrogen and oxygen atoms in total. The van der Waals surface area contributed by atoms with E-state index in [2.05, 4.69) is 10.6 Å². The van der Waals surface area contributed by atoms with Crippen LogP contribution in [0.25, 0.3) is 0 Å². The number of benzene rings is 1. The molecule has 2 amide bonds. The molecule has 1 atom stereocenters. The number of hydrogen-bond donors (Lipinski definition) is 3. The van der Waals surface area contributed by atoms with Crippen LogP contribution in [-0.4, -0.2) is 17.7 Å². The maximum atomic E-state index is 11.7. The Morgan fingerprint density at radius 3 is 2.68 bits per heavy atom. The smallest absolute Gasteiger partial charge is 0.315 e. The Kier molecular flexibility index (Phi) is 4.58. The third-order valence-corrected chi connectivity index (χ3v) is 2.72. The second kappa shape index (κ2) is 6.61. The summed E-state index contributed by atoms with van der Waals surface area (Å²) in [6.45, 7) is 0.235. The van der Waals surface area contributed by atoms with E-state index in [9.17, 15) is 9.90 Å². The average Bonchev–Trinajstić information content (AvgIpc) is 2.97. The first kappa shape index (κ1) is 13.2. The zero-order valence-electron chi connectivity index (χ0n) is 10.4. The molecule has 0 bridgehead atoms. The van der Waals surface area contributed by atoms with Crippen LogP contribution in [0.5, 0.6) is 0 Å². The number of hydrogen-bond acceptors (Lipinski definition) is 3. The molecule has 0 aliphatic carbocycles. The Morgan fingerprint density at radius 1 is 1.26 bits per heavy atom. The van der Waals surface area contributed by atoms with E-state index in [0.717, 1.165) is 11.1 Å². The fourth-order valence-corrected chi connectivity index (χ4v) is 1.70. The van der Waals surface area contributed by atoms with Crippen LogP contribution in [0.1, 0.15) is 17.2 Å². The number of aliphatic hydroxyl groups is 1. The Hall–Kier alpha value is -2.27. The van der Waals surface area contributed by atoms with E-state index in [4.69, 9.17) is 4.42 Å². The third kappa shape index (κ3) is 3.86. The monoisotopic (exact) mass is 260 g/mol. The molecule has 19 heavy (non-hydrogen) atoms. The van der Waals surface area contributed by atoms with Gasteiger partial charge in [0, 0.05) is 12.1 Å². The predicted octanol–water partition coefficient (Wildman–Crippen LogP) is 1.81. The van der Waals surface area contributed by atoms with Crippen LogP contribution in [0, 0.1) is 0 Å². The van der Waals surface area contributed by atoms with E-state index in [0.29, 0.717) is 6.54 Å². The molecule has 0 unspecified atom stereocenters. The molecule has 0 fully saturated rings. The summed E-state index contributed by atoms with van der Waals surface area (Å²) in [6.07, 6.45) is 3.12. The van der Waals surface area contributed by atoms with E-state index >= 15 is 0 Å². The Bertz CT molecular complexity index is 497. The van der Waals surface area contributed by atoms with Gasteiger partial charge in [0.2, 0.25) is 0 Å². The second-order valence-electron chi connectivity index (χ2n) is 4.10. The van der Waals surface area contributed by atoms with Crippen molar-refractivity contribution in [1.82, 2.24) is 10.6 Å². The van der Waals surface area contributed by atoms with Gasteiger partial charge in [-0.1, -0.05) is 30.3 Å². The molecule has 5 heteroatoms. The van der Waals surface area contributed by atoms with E-state index in [1.165, 1.54) is 0 Å². The van der Waals surface area contributed by atoms with Crippen molar-refractivity contribution in [2.24, 2.45) is 0 Å². The first-order valence-corrected chi connectivity index (χ1v) is 6.01. The molecule has 0 aliphatic heterocycles. The fraction of sp³-hybridized carbons (Fsp3) is 0.214. The number of furan rings is 1. The van der Waals surface area contributed by atoms with Gasteiger partial charge < -0.3 is 20.2 Å². The number of amides is 2. The van der Waals surface area contributed by atoms with Crippen LogP contribution in [0.3, 0.4) is 0 Å². The van der Waals surface area contributed by atoms with Gasteiger partial charge >= 0.3 is 6.03 Å². The van der Waals surface area contributed by atoms with Crippen molar-refractivity contribution in [2.75, 3.05) is 6.61 Å². The van der Waals surface area contributed by atoms with Gasteiger partial charge in [0.1, 0.15) is 0 Å². The summed E-state index contributed by atoms with van der Waals surface area (Å²) in [5.41, 5.74) is 1.75. The van der Waals surface area contributed by atoms with Gasteiger partial charge in [-0.05, 0) is 11.6 Å². The summed E-state index contributed by atoms with van der Waals surface area (Å²) < 4.78 is 4.91. The molecule has 0 aliphatic rings. The molecule has 1 aromatic carbocycles. The molecule has 2 aromatic rings. The maximum absolute atomic E-state index is 11.7. The van der Waals surface area contributed by atoms with Gasteiger partial charge in [-0.3, -0.25) is 0 Å². The second-order valence-corrected chi connectivity index (χ2v) is 4.10. The van der Waals surface area contributed by atoms with Crippen molar-refractivity contribution in [3.63, 3.8) is 0 Å². The molecule has 100 valence electrons. The molecule has 2 rings (SSSR count). The highest BCUT2D eigenvalue weighted by atomic mass is 16.3. The molecular weight excluding hydrogens is 244 g/mol. The highest BCUT2D eigenvalue weighted by Gasteiger charge is 2.12. The molecular formula is C14H16N2O3. The van der Waals surface area contributed by atoms with Crippen molar-refractivity contribution in [3.8, 4) is 0 Å². The standard InChI is InChI=1S/C14H16N2O3/c17-9-13(12-4-2-1-3-5-12)16-14(18)15-8-11-6-7-19-10-11/h1-7,10,13,17H,8-9H2,(H2,15,16,18)/t13-/m1/s1. The largest absolute Gasteiger partial charge is 0.472 e. The van der Waals surface area contributed by atoms with Gasteiger partial charge in [-0.2, -0.15) is 0 Å². The van der Waals surface area contributed by atoms with E-state index in [-0.39, 0.29) is 12.6 Å². The molecule has 3 N–H and O–H groups in total. The van der Waals surface area contributed by atoms with Crippen molar-refractivity contribution in [1.29, 1.82) is 0 Å². The predicted molar refractivity (Wildman–Crippen MR) is 70.3 cm³/mol. The molecule has 0 spiro atoms. The zero-order valence-corrected chi connectivity index (χ0v) is 10.4. The van der Waals surface area contributed by atoms with Gasteiger partial charge in [0.25, 0.3) is 0 Å². The highest BCUT2D eigenvalue weighted by molar-refractivity contribution is 5.74. The minimum absolute atomic E-state index is 0.150. The summed E-state index contributed by atoms with van der Waals surface area (Å²) in [4.78, 5) is 11.7. The van der Waals surface area contributed by atoms with Crippen LogP contribution in [-0.2, 0) is 6.54 Å². The summed E-state index contributed by atoms with van der Waals surface area (Å²) in [5, 5.41) is 14.7. The number of urea groups is 1. The number of nitrogens with one attached hydrogen (secondary N) is 2. The summed E-state index contributed by atoms with van der Waals surface area (Å²) in [5.74, 6) is 0. The summed E-state index contributed by atoms with van der Waals surface area (Å²) >= 11 is 0.